The molecule has 0 aromatic heterocycles. The molecule has 0 aliphatic heterocycles. The molecule has 1 amide bonds. The van der Waals surface area contributed by atoms with Crippen LogP contribution in [-0.2, 0) is 9.53 Å². The van der Waals surface area contributed by atoms with Crippen LogP contribution in [0.5, 0.6) is 0 Å². The Hall–Kier alpha value is -2.47. The van der Waals surface area contributed by atoms with Gasteiger partial charge in [0.1, 0.15) is 11.6 Å². The summed E-state index contributed by atoms with van der Waals surface area (Å²) in [6, 6.07) is 16.6. The van der Waals surface area contributed by atoms with Gasteiger partial charge in [-0.05, 0) is 59.2 Å². The molecule has 162 valence electrons. The minimum absolute atomic E-state index is 0.178. The van der Waals surface area contributed by atoms with Crippen molar-refractivity contribution < 1.29 is 19.4 Å². The molecule has 0 bridgehead atoms. The number of hydrogen-bond acceptors (Lipinski definition) is 4. The van der Waals surface area contributed by atoms with Crippen molar-refractivity contribution in [3.8, 4) is 0 Å². The molecule has 0 saturated heterocycles. The molecule has 1 N–H and O–H groups in total. The highest BCUT2D eigenvalue weighted by Gasteiger charge is 2.37. The summed E-state index contributed by atoms with van der Waals surface area (Å²) >= 11 is 1.61. The van der Waals surface area contributed by atoms with Crippen LogP contribution >= 0.6 is 11.8 Å². The van der Waals surface area contributed by atoms with E-state index in [2.05, 4.69) is 0 Å². The number of carbonyl (C=O) groups is 2. The van der Waals surface area contributed by atoms with Crippen molar-refractivity contribution in [2.45, 2.75) is 69.4 Å². The minimum Gasteiger partial charge on any atom is -0.480 e. The molecule has 0 aliphatic carbocycles. The molecule has 2 aromatic rings. The van der Waals surface area contributed by atoms with Crippen molar-refractivity contribution in [2.75, 3.05) is 0 Å². The van der Waals surface area contributed by atoms with E-state index in [0.717, 1.165) is 16.0 Å². The van der Waals surface area contributed by atoms with Gasteiger partial charge in [0.05, 0.1) is 5.25 Å². The second kappa shape index (κ2) is 10.0. The van der Waals surface area contributed by atoms with Crippen LogP contribution < -0.4 is 0 Å². The van der Waals surface area contributed by atoms with Crippen molar-refractivity contribution in [2.24, 2.45) is 0 Å². The Morgan fingerprint density at radius 1 is 1.00 bits per heavy atom. The summed E-state index contributed by atoms with van der Waals surface area (Å²) in [5.41, 5.74) is 1.44. The summed E-state index contributed by atoms with van der Waals surface area (Å²) in [4.78, 5) is 27.2. The summed E-state index contributed by atoms with van der Waals surface area (Å²) in [6.07, 6.45) is -0.629. The Bertz CT molecular complexity index is 846. The second-order valence-corrected chi connectivity index (χ2v) is 9.62. The van der Waals surface area contributed by atoms with E-state index >= 15 is 0 Å². The molecule has 2 rings (SSSR count). The molecule has 6 heteroatoms. The Morgan fingerprint density at radius 3 is 2.07 bits per heavy atom. The number of rotatable bonds is 7. The number of benzene rings is 2. The number of aryl methyl sites for hydroxylation is 1. The third-order valence-corrected chi connectivity index (χ3v) is 6.13. The van der Waals surface area contributed by atoms with Gasteiger partial charge in [0.15, 0.2) is 0 Å². The minimum atomic E-state index is -1.07. The van der Waals surface area contributed by atoms with Crippen LogP contribution in [0.15, 0.2) is 59.5 Å². The van der Waals surface area contributed by atoms with Gasteiger partial charge < -0.3 is 9.84 Å². The Labute approximate surface area is 183 Å². The predicted octanol–water partition coefficient (Wildman–Crippen LogP) is 5.93. The van der Waals surface area contributed by atoms with E-state index in [4.69, 9.17) is 4.74 Å². The highest BCUT2D eigenvalue weighted by atomic mass is 32.2. The first-order chi connectivity index (χ1) is 14.0. The first-order valence-corrected chi connectivity index (χ1v) is 10.9. The lowest BCUT2D eigenvalue weighted by molar-refractivity contribution is -0.143. The van der Waals surface area contributed by atoms with E-state index < -0.39 is 29.7 Å². The van der Waals surface area contributed by atoms with Crippen LogP contribution in [0, 0.1) is 6.92 Å². The molecule has 0 heterocycles. The van der Waals surface area contributed by atoms with Gasteiger partial charge in [0.25, 0.3) is 0 Å². The molecule has 0 radical (unpaired) electrons. The van der Waals surface area contributed by atoms with Gasteiger partial charge in [0, 0.05) is 10.9 Å². The Balaban J connectivity index is 2.46. The fourth-order valence-corrected chi connectivity index (χ4v) is 4.33. The van der Waals surface area contributed by atoms with Crippen LogP contribution in [0.1, 0.15) is 51.0 Å². The smallest absolute Gasteiger partial charge is 0.411 e. The van der Waals surface area contributed by atoms with Gasteiger partial charge in [0.2, 0.25) is 0 Å². The zero-order valence-electron chi connectivity index (χ0n) is 18.5. The largest absolute Gasteiger partial charge is 0.480 e. The van der Waals surface area contributed by atoms with E-state index in [0.29, 0.717) is 0 Å². The van der Waals surface area contributed by atoms with E-state index in [1.807, 2.05) is 68.4 Å². The monoisotopic (exact) mass is 429 g/mol. The number of aliphatic carboxylic acids is 1. The fraction of sp³-hybridized carbons (Fsp3) is 0.417. The number of carboxylic acids is 1. The predicted molar refractivity (Wildman–Crippen MR) is 121 cm³/mol. The van der Waals surface area contributed by atoms with Gasteiger partial charge >= 0.3 is 12.1 Å². The quantitative estimate of drug-likeness (QED) is 0.553. The van der Waals surface area contributed by atoms with Crippen LogP contribution in [-0.4, -0.2) is 39.8 Å². The molecule has 0 saturated carbocycles. The topological polar surface area (TPSA) is 66.8 Å². The summed E-state index contributed by atoms with van der Waals surface area (Å²) in [6.45, 7) is 10.7. The normalized spacial score (nSPS) is 14.5. The lowest BCUT2D eigenvalue weighted by Crippen LogP contribution is -2.51. The number of carboxylic acid groups (broad SMARTS) is 1. The van der Waals surface area contributed by atoms with Crippen molar-refractivity contribution in [3.05, 3.63) is 65.7 Å². The first-order valence-electron chi connectivity index (χ1n) is 10.0. The van der Waals surface area contributed by atoms with E-state index in [1.165, 1.54) is 11.8 Å². The number of ether oxygens (including phenoxy) is 1. The molecule has 0 spiro atoms. The number of hydrogen-bond donors (Lipinski definition) is 1. The zero-order valence-corrected chi connectivity index (χ0v) is 19.3. The van der Waals surface area contributed by atoms with Gasteiger partial charge in [-0.1, -0.05) is 48.0 Å². The van der Waals surface area contributed by atoms with Crippen LogP contribution in [0.25, 0.3) is 0 Å². The molecule has 2 aromatic carbocycles. The zero-order chi connectivity index (χ0) is 22.5. The number of carbonyl (C=O) groups excluding carboxylic acids is 1. The molecule has 0 fully saturated rings. The van der Waals surface area contributed by atoms with Gasteiger partial charge in [-0.15, -0.1) is 11.8 Å². The van der Waals surface area contributed by atoms with Crippen LogP contribution in [0.4, 0.5) is 4.79 Å². The molecule has 0 aliphatic rings. The van der Waals surface area contributed by atoms with Crippen molar-refractivity contribution >= 4 is 23.8 Å². The van der Waals surface area contributed by atoms with Crippen LogP contribution in [0.3, 0.4) is 0 Å². The van der Waals surface area contributed by atoms with Crippen molar-refractivity contribution in [1.82, 2.24) is 4.90 Å². The van der Waals surface area contributed by atoms with Gasteiger partial charge in [-0.25, -0.2) is 9.59 Å². The van der Waals surface area contributed by atoms with E-state index in [1.54, 1.807) is 32.5 Å². The number of thioether (sulfide) groups is 1. The molecular formula is C24H31NO4S. The molecule has 5 nitrogen and oxygen atoms in total. The van der Waals surface area contributed by atoms with Crippen LogP contribution in [0.2, 0.25) is 0 Å². The van der Waals surface area contributed by atoms with Gasteiger partial charge in [-0.2, -0.15) is 0 Å². The highest BCUT2D eigenvalue weighted by molar-refractivity contribution is 7.99. The summed E-state index contributed by atoms with van der Waals surface area (Å²) in [5, 5.41) is 9.49. The van der Waals surface area contributed by atoms with Crippen molar-refractivity contribution in [3.63, 3.8) is 0 Å². The standard InChI is InChI=1S/C24H31NO4S/c1-16-12-14-19(15-13-16)21(30-20-10-8-7-9-11-20)17(2)25(18(3)22(26)27)23(28)29-24(4,5)6/h7-15,17-18,21H,1-6H3,(H,26,27)/t17?,18-,21?/m0/s1. The molecule has 3 atom stereocenters. The number of nitrogens with zero attached hydrogens (tertiary/aromatic N) is 1. The Morgan fingerprint density at radius 2 is 1.57 bits per heavy atom. The van der Waals surface area contributed by atoms with E-state index in [9.17, 15) is 14.7 Å². The maximum atomic E-state index is 13.0. The average molecular weight is 430 g/mol. The maximum Gasteiger partial charge on any atom is 0.411 e. The first kappa shape index (κ1) is 23.8. The number of amides is 1. The summed E-state index contributed by atoms with van der Waals surface area (Å²) < 4.78 is 5.56. The molecular weight excluding hydrogens is 398 g/mol. The summed E-state index contributed by atoms with van der Waals surface area (Å²) in [7, 11) is 0. The van der Waals surface area contributed by atoms with Crippen molar-refractivity contribution in [1.29, 1.82) is 0 Å². The lowest BCUT2D eigenvalue weighted by atomic mass is 10.0. The summed E-state index contributed by atoms with van der Waals surface area (Å²) in [5.74, 6) is -1.07. The SMILES string of the molecule is Cc1ccc(C(Sc2ccccc2)C(C)N(C(=O)OC(C)(C)C)[C@@H](C)C(=O)O)cc1. The Kier molecular flexibility index (Phi) is 7.96. The van der Waals surface area contributed by atoms with E-state index in [-0.39, 0.29) is 5.25 Å². The second-order valence-electron chi connectivity index (χ2n) is 8.40. The average Bonchev–Trinajstić information content (AvgIpc) is 2.66. The maximum absolute atomic E-state index is 13.0. The van der Waals surface area contributed by atoms with Gasteiger partial charge in [-0.3, -0.25) is 4.90 Å². The lowest BCUT2D eigenvalue weighted by Gasteiger charge is -2.38. The highest BCUT2D eigenvalue weighted by Crippen LogP contribution is 2.40. The third-order valence-electron chi connectivity index (χ3n) is 4.67. The third kappa shape index (κ3) is 6.52. The fourth-order valence-electron chi connectivity index (χ4n) is 3.10. The molecule has 30 heavy (non-hydrogen) atoms. The molecule has 2 unspecified atom stereocenters.